The molecule has 6 aliphatic carbocycles. The number of amides is 3. The molecule has 5 fully saturated rings. The van der Waals surface area contributed by atoms with Crippen LogP contribution in [0, 0.1) is 67.9 Å². The summed E-state index contributed by atoms with van der Waals surface area (Å²) < 4.78 is 13.3. The minimum Gasteiger partial charge on any atom is -0.354 e. The van der Waals surface area contributed by atoms with Crippen LogP contribution in [0.1, 0.15) is 113 Å². The van der Waals surface area contributed by atoms with Gasteiger partial charge in [-0.05, 0) is 140 Å². The molecule has 0 aromatic heterocycles. The molecule has 52 heavy (non-hydrogen) atoms. The Morgan fingerprint density at radius 3 is 2.13 bits per heavy atom. The summed E-state index contributed by atoms with van der Waals surface area (Å²) in [7, 11) is 0. The van der Waals surface area contributed by atoms with Crippen LogP contribution in [0.15, 0.2) is 48.1 Å². The van der Waals surface area contributed by atoms with Crippen LogP contribution in [0.5, 0.6) is 0 Å². The van der Waals surface area contributed by atoms with Crippen molar-refractivity contribution in [2.45, 2.75) is 113 Å². The summed E-state index contributed by atoms with van der Waals surface area (Å²) in [6, 6.07) is 5.51. The first-order chi connectivity index (χ1) is 24.4. The van der Waals surface area contributed by atoms with Gasteiger partial charge in [0.15, 0.2) is 5.78 Å². The highest BCUT2D eigenvalue weighted by molar-refractivity contribution is 6.13. The van der Waals surface area contributed by atoms with E-state index in [2.05, 4.69) is 77.1 Å². The van der Waals surface area contributed by atoms with Crippen LogP contribution in [-0.4, -0.2) is 36.6 Å². The van der Waals surface area contributed by atoms with E-state index in [1.165, 1.54) is 29.8 Å². The topological polar surface area (TPSA) is 104 Å². The highest BCUT2D eigenvalue weighted by Crippen LogP contribution is 2.75. The zero-order chi connectivity index (χ0) is 37.6. The second kappa shape index (κ2) is 12.4. The molecule has 0 heterocycles. The number of allylic oxidation sites excluding steroid dienone is 3. The lowest BCUT2D eigenvalue weighted by atomic mass is 9.33. The van der Waals surface area contributed by atoms with Crippen molar-refractivity contribution in [3.8, 4) is 0 Å². The number of hydrogen-bond acceptors (Lipinski definition) is 4. The molecule has 0 bridgehead atoms. The standard InChI is InChI=1S/C44H60FN3O4/c1-26-15-18-43(36(50)46-23-24-47-37(51)44(21-22-44)38(52)48-30-11-9-29(45)10-12-30)20-19-41(7)31(34(43)28(26)3)13-14-33-40(6)25-27(2)35(49)39(4,5)32(40)16-17-42(33,41)8/h9-13,26,28,32-34H,2,14-25H2,1,3-8H3,(H,46,50)(H,47,51)(H,48,52)/t26-,28+,32+,33-,34+,40+,41-,42-,43+/m1/s1. The van der Waals surface area contributed by atoms with Gasteiger partial charge in [0.1, 0.15) is 11.2 Å². The van der Waals surface area contributed by atoms with Gasteiger partial charge < -0.3 is 16.0 Å². The number of carbonyl (C=O) groups excluding carboxylic acids is 4. The summed E-state index contributed by atoms with van der Waals surface area (Å²) in [6.45, 7) is 21.4. The van der Waals surface area contributed by atoms with Crippen LogP contribution >= 0.6 is 0 Å². The van der Waals surface area contributed by atoms with E-state index in [0.717, 1.165) is 56.9 Å². The molecule has 6 aliphatic rings. The van der Waals surface area contributed by atoms with Gasteiger partial charge in [-0.1, -0.05) is 66.7 Å². The largest absolute Gasteiger partial charge is 0.354 e. The molecule has 0 aliphatic heterocycles. The first-order valence-corrected chi connectivity index (χ1v) is 19.9. The summed E-state index contributed by atoms with van der Waals surface area (Å²) >= 11 is 0. The summed E-state index contributed by atoms with van der Waals surface area (Å²) in [5.41, 5.74) is 0.712. The Labute approximate surface area is 309 Å². The van der Waals surface area contributed by atoms with E-state index in [0.29, 0.717) is 48.7 Å². The van der Waals surface area contributed by atoms with Crippen LogP contribution < -0.4 is 16.0 Å². The second-order valence-electron chi connectivity index (χ2n) is 19.2. The van der Waals surface area contributed by atoms with Gasteiger partial charge >= 0.3 is 0 Å². The summed E-state index contributed by atoms with van der Waals surface area (Å²) in [5, 5.41) is 8.93. The predicted molar refractivity (Wildman–Crippen MR) is 201 cm³/mol. The van der Waals surface area contributed by atoms with Crippen molar-refractivity contribution < 1.29 is 23.6 Å². The number of hydrogen-bond donors (Lipinski definition) is 3. The fraction of sp³-hybridized carbons (Fsp3) is 0.682. The molecule has 9 atom stereocenters. The van der Waals surface area contributed by atoms with E-state index in [1.807, 2.05) is 0 Å². The van der Waals surface area contributed by atoms with E-state index in [1.54, 1.807) is 0 Å². The number of ketones is 1. The number of carbonyl (C=O) groups is 4. The second-order valence-corrected chi connectivity index (χ2v) is 19.2. The normalized spacial score (nSPS) is 39.8. The number of benzene rings is 1. The highest BCUT2D eigenvalue weighted by Gasteiger charge is 2.70. The molecule has 3 amide bonds. The van der Waals surface area contributed by atoms with Crippen molar-refractivity contribution in [2.24, 2.45) is 62.1 Å². The van der Waals surface area contributed by atoms with Crippen molar-refractivity contribution in [1.82, 2.24) is 10.6 Å². The molecule has 282 valence electrons. The monoisotopic (exact) mass is 713 g/mol. The minimum atomic E-state index is -1.13. The smallest absolute Gasteiger partial charge is 0.240 e. The molecule has 1 aromatic carbocycles. The maximum absolute atomic E-state index is 14.5. The van der Waals surface area contributed by atoms with Gasteiger partial charge in [-0.3, -0.25) is 19.2 Å². The van der Waals surface area contributed by atoms with Crippen LogP contribution in [0.2, 0.25) is 0 Å². The lowest BCUT2D eigenvalue weighted by molar-refractivity contribution is -0.181. The molecule has 0 saturated heterocycles. The minimum absolute atomic E-state index is 0.00493. The van der Waals surface area contributed by atoms with Gasteiger partial charge in [0.05, 0.1) is 5.41 Å². The lowest BCUT2D eigenvalue weighted by Crippen LogP contribution is -2.65. The third-order valence-corrected chi connectivity index (χ3v) is 16.5. The molecule has 7 nitrogen and oxygen atoms in total. The fourth-order valence-corrected chi connectivity index (χ4v) is 13.0. The van der Waals surface area contributed by atoms with Gasteiger partial charge in [0.25, 0.3) is 0 Å². The highest BCUT2D eigenvalue weighted by atomic mass is 19.1. The third kappa shape index (κ3) is 5.22. The lowest BCUT2D eigenvalue weighted by Gasteiger charge is -2.71. The SMILES string of the molecule is C=C1C[C@]2(C)[C@H]3CC=C4[C@@H]5[C@@H](C)[C@H](C)CC[C@]5(C(=O)NCCNC(=O)C5(C(=O)Nc6ccc(F)cc6)CC5)CC[C@@]4(C)[C@]3(C)CC[C@H]2C(C)(C)C1=O. The Morgan fingerprint density at radius 2 is 1.48 bits per heavy atom. The third-order valence-electron chi connectivity index (χ3n) is 16.5. The zero-order valence-electron chi connectivity index (χ0n) is 32.5. The first-order valence-electron chi connectivity index (χ1n) is 19.9. The van der Waals surface area contributed by atoms with Gasteiger partial charge in [0, 0.05) is 24.2 Å². The number of rotatable bonds is 7. The molecule has 0 spiro atoms. The Balaban J connectivity index is 1.07. The van der Waals surface area contributed by atoms with E-state index in [9.17, 15) is 23.6 Å². The van der Waals surface area contributed by atoms with Crippen molar-refractivity contribution in [2.75, 3.05) is 18.4 Å². The fourth-order valence-electron chi connectivity index (χ4n) is 13.0. The van der Waals surface area contributed by atoms with E-state index in [4.69, 9.17) is 0 Å². The van der Waals surface area contributed by atoms with Crippen molar-refractivity contribution in [3.05, 3.63) is 53.9 Å². The van der Waals surface area contributed by atoms with E-state index < -0.39 is 22.1 Å². The number of anilines is 1. The summed E-state index contributed by atoms with van der Waals surface area (Å²) in [6.07, 6.45) is 11.0. The predicted octanol–water partition coefficient (Wildman–Crippen LogP) is 8.17. The van der Waals surface area contributed by atoms with Crippen LogP contribution in [0.4, 0.5) is 10.1 Å². The first kappa shape index (κ1) is 37.0. The maximum atomic E-state index is 14.5. The summed E-state index contributed by atoms with van der Waals surface area (Å²) in [4.78, 5) is 54.1. The number of nitrogens with one attached hydrogen (secondary N) is 3. The van der Waals surface area contributed by atoms with Crippen LogP contribution in [0.3, 0.4) is 0 Å². The Hall–Kier alpha value is -3.29. The molecule has 3 N–H and O–H groups in total. The molecule has 5 saturated carbocycles. The van der Waals surface area contributed by atoms with Crippen LogP contribution in [0.25, 0.3) is 0 Å². The average molecular weight is 714 g/mol. The van der Waals surface area contributed by atoms with Gasteiger partial charge in [-0.25, -0.2) is 4.39 Å². The zero-order valence-corrected chi connectivity index (χ0v) is 32.5. The van der Waals surface area contributed by atoms with Crippen molar-refractivity contribution >= 4 is 29.2 Å². The summed E-state index contributed by atoms with van der Waals surface area (Å²) in [5.74, 6) is 1.01. The maximum Gasteiger partial charge on any atom is 0.240 e. The number of fused-ring (bicyclic) bond motifs is 7. The molecule has 1 aromatic rings. The molecule has 8 heteroatoms. The van der Waals surface area contributed by atoms with Crippen LogP contribution in [-0.2, 0) is 19.2 Å². The Kier molecular flexibility index (Phi) is 8.82. The number of halogens is 1. The van der Waals surface area contributed by atoms with E-state index in [-0.39, 0.29) is 52.2 Å². The van der Waals surface area contributed by atoms with Gasteiger partial charge in [0.2, 0.25) is 17.7 Å². The molecule has 0 radical (unpaired) electrons. The Morgan fingerprint density at radius 1 is 0.827 bits per heavy atom. The number of Topliss-reactive ketones (excluding diaryl/α,β-unsaturated/α-hetero) is 1. The Bertz CT molecular complexity index is 1730. The average Bonchev–Trinajstić information content (AvgIpc) is 3.91. The molecule has 7 rings (SSSR count). The molecule has 0 unspecified atom stereocenters. The molecular weight excluding hydrogens is 653 g/mol. The van der Waals surface area contributed by atoms with Crippen molar-refractivity contribution in [3.63, 3.8) is 0 Å². The van der Waals surface area contributed by atoms with E-state index >= 15 is 0 Å². The van der Waals surface area contributed by atoms with Gasteiger partial charge in [-0.2, -0.15) is 0 Å². The van der Waals surface area contributed by atoms with Crippen molar-refractivity contribution in [1.29, 1.82) is 0 Å². The quantitative estimate of drug-likeness (QED) is 0.115. The van der Waals surface area contributed by atoms with Gasteiger partial charge in [-0.15, -0.1) is 0 Å². The molecular formula is C44H60FN3O4.